The molecule has 416 valence electrons. The number of amides is 1. The minimum atomic E-state index is -1.85. The summed E-state index contributed by atoms with van der Waals surface area (Å²) < 4.78 is 30.2. The van der Waals surface area contributed by atoms with Gasteiger partial charge in [0, 0.05) is 25.0 Å². The minimum Gasteiger partial charge on any atom is -0.446 e. The lowest BCUT2D eigenvalue weighted by atomic mass is 9.47. The van der Waals surface area contributed by atoms with Crippen LogP contribution in [0.4, 0.5) is 4.79 Å². The third kappa shape index (κ3) is 12.5. The number of carbonyl (C=O) groups excluding carboxylic acids is 1. The van der Waals surface area contributed by atoms with Gasteiger partial charge in [-0.1, -0.05) is 65.5 Å². The quantitative estimate of drug-likeness (QED) is 0.0444. The fourth-order valence-electron chi connectivity index (χ4n) is 14.7. The molecular formula is C49H93N10O13+. The van der Waals surface area contributed by atoms with E-state index in [1.54, 1.807) is 0 Å². The van der Waals surface area contributed by atoms with Crippen molar-refractivity contribution in [2.45, 2.75) is 228 Å². The lowest BCUT2D eigenvalue weighted by Crippen LogP contribution is -2.78. The van der Waals surface area contributed by atoms with Gasteiger partial charge < -0.3 is 93.4 Å². The third-order valence-corrected chi connectivity index (χ3v) is 18.3. The van der Waals surface area contributed by atoms with Crippen LogP contribution in [0, 0.1) is 46.3 Å². The molecule has 1 amide bonds. The topological polar surface area (TPSA) is 411 Å². The number of ether oxygens (including phenoxy) is 5. The van der Waals surface area contributed by atoms with E-state index in [4.69, 9.17) is 52.4 Å². The smallest absolute Gasteiger partial charge is 0.407 e. The normalized spacial score (nSPS) is 45.3. The zero-order chi connectivity index (χ0) is 52.6. The second-order valence-electron chi connectivity index (χ2n) is 23.5. The Hall–Kier alpha value is -1.79. The van der Waals surface area contributed by atoms with Crippen LogP contribution in [-0.4, -0.2) is 172 Å². The zero-order valence-electron chi connectivity index (χ0n) is 43.1. The Bertz CT molecular complexity index is 1790. The molecule has 24 atom stereocenters. The highest BCUT2D eigenvalue weighted by Gasteiger charge is 2.60. The van der Waals surface area contributed by atoms with E-state index in [1.807, 2.05) is 0 Å². The van der Waals surface area contributed by atoms with Gasteiger partial charge in [-0.25, -0.2) is 10.1 Å². The number of carbonyl (C=O) groups is 1. The molecule has 7 rings (SSSR count). The van der Waals surface area contributed by atoms with Crippen LogP contribution in [0.2, 0.25) is 0 Å². The Morgan fingerprint density at radius 1 is 0.778 bits per heavy atom. The minimum absolute atomic E-state index is 0.00645. The largest absolute Gasteiger partial charge is 0.446 e. The lowest BCUT2D eigenvalue weighted by molar-refractivity contribution is -0.431. The van der Waals surface area contributed by atoms with Gasteiger partial charge in [-0.05, 0) is 97.7 Å². The van der Waals surface area contributed by atoms with Crippen molar-refractivity contribution in [3.63, 3.8) is 0 Å². The summed E-state index contributed by atoms with van der Waals surface area (Å²) in [6.45, 7) is 11.2. The molecule has 0 bridgehead atoms. The van der Waals surface area contributed by atoms with Crippen molar-refractivity contribution < 1.29 is 70.0 Å². The molecule has 4 saturated carbocycles. The Morgan fingerprint density at radius 2 is 1.43 bits per heavy atom. The van der Waals surface area contributed by atoms with Crippen LogP contribution in [-0.2, 0) is 23.7 Å². The highest BCUT2D eigenvalue weighted by atomic mass is 16.7. The summed E-state index contributed by atoms with van der Waals surface area (Å²) >= 11 is 0. The van der Waals surface area contributed by atoms with Gasteiger partial charge in [0.1, 0.15) is 79.7 Å². The molecule has 24 N–H and O–H groups in total. The summed E-state index contributed by atoms with van der Waals surface area (Å²) in [7, 11) is 0. The van der Waals surface area contributed by atoms with Crippen LogP contribution in [0.5, 0.6) is 0 Å². The van der Waals surface area contributed by atoms with Crippen LogP contribution in [0.15, 0.2) is 11.6 Å². The number of rotatable bonds is 19. The fourth-order valence-corrected chi connectivity index (χ4v) is 14.7. The average molecular weight is 1030 g/mol. The Morgan fingerprint density at radius 3 is 2.07 bits per heavy atom. The maximum Gasteiger partial charge on any atom is 0.407 e. The van der Waals surface area contributed by atoms with E-state index in [0.717, 1.165) is 36.5 Å². The molecule has 2 saturated heterocycles. The molecule has 7 aliphatic rings. The predicted molar refractivity (Wildman–Crippen MR) is 262 cm³/mol. The van der Waals surface area contributed by atoms with Gasteiger partial charge >= 0.3 is 6.09 Å². The number of aliphatic hydroxyl groups excluding tert-OH is 7. The van der Waals surface area contributed by atoms with Crippen molar-refractivity contribution in [1.29, 1.82) is 0 Å². The standard InChI is InChI=1S/C49H92N10O13/c1-21(2)7-6-8-22(3)26-11-12-27-25-10-9-23-17-24(13-15-48(23,4)28(25)14-16-49(26,27)5)68-47(67)56-19-31-35(62)37(64)38(65)43(69-31)72-41-30(58-45(52)53)18-29(57-44(50)51)40(39(41)66)71-42-36(63)33(59-46(54)55)34(61)32(20-60)70-42/h9,21-22,24-46,57-66H,6-8,10-20,50-55H2,1-5H3,(H,56,67)/p+1. The molecule has 72 heavy (non-hydrogen) atoms. The average Bonchev–Trinajstić information content (AvgIpc) is 3.67. The Labute approximate surface area is 424 Å². The van der Waals surface area contributed by atoms with E-state index in [9.17, 15) is 40.5 Å². The summed E-state index contributed by atoms with van der Waals surface area (Å²) in [6, 6.07) is -3.05. The van der Waals surface area contributed by atoms with E-state index in [2.05, 4.69) is 67.7 Å². The molecule has 0 radical (unpaired) electrons. The number of quaternary nitrogens is 1. The van der Waals surface area contributed by atoms with Crippen LogP contribution in [0.3, 0.4) is 0 Å². The van der Waals surface area contributed by atoms with E-state index >= 15 is 0 Å². The van der Waals surface area contributed by atoms with Crippen LogP contribution in [0.25, 0.3) is 0 Å². The summed E-state index contributed by atoms with van der Waals surface area (Å²) in [5.74, 6) is 4.31. The highest BCUT2D eigenvalue weighted by molar-refractivity contribution is 5.67. The zero-order valence-corrected chi connectivity index (χ0v) is 43.1. The van der Waals surface area contributed by atoms with Gasteiger partial charge in [0.05, 0.1) is 12.6 Å². The Balaban J connectivity index is 0.975. The summed E-state index contributed by atoms with van der Waals surface area (Å²) in [6.07, 6.45) is -8.22. The van der Waals surface area contributed by atoms with Crippen molar-refractivity contribution in [3.8, 4) is 0 Å². The third-order valence-electron chi connectivity index (χ3n) is 18.3. The fraction of sp³-hybridized carbons (Fsp3) is 0.939. The number of nitrogens with one attached hydrogen (secondary N) is 4. The van der Waals surface area contributed by atoms with Gasteiger partial charge in [0.25, 0.3) is 0 Å². The number of fused-ring (bicyclic) bond motifs is 5. The van der Waals surface area contributed by atoms with Gasteiger partial charge in [-0.2, -0.15) is 0 Å². The monoisotopic (exact) mass is 1030 g/mol. The van der Waals surface area contributed by atoms with Crippen LogP contribution in [0.1, 0.15) is 112 Å². The number of nitrogens with two attached hydrogens (primary N) is 5. The number of aliphatic hydroxyl groups is 7. The van der Waals surface area contributed by atoms with Crippen molar-refractivity contribution in [2.24, 2.45) is 75.0 Å². The molecule has 0 spiro atoms. The first-order valence-corrected chi connectivity index (χ1v) is 26.8. The second-order valence-corrected chi connectivity index (χ2v) is 23.5. The van der Waals surface area contributed by atoms with E-state index in [0.29, 0.717) is 30.1 Å². The molecule has 2 aliphatic heterocycles. The van der Waals surface area contributed by atoms with Crippen molar-refractivity contribution in [2.75, 3.05) is 13.2 Å². The molecule has 2 heterocycles. The predicted octanol–water partition coefficient (Wildman–Crippen LogP) is -3.34. The molecule has 24 unspecified atom stereocenters. The maximum atomic E-state index is 13.5. The second kappa shape index (κ2) is 24.3. The van der Waals surface area contributed by atoms with Gasteiger partial charge in [0.15, 0.2) is 18.9 Å². The summed E-state index contributed by atoms with van der Waals surface area (Å²) in [4.78, 5) is 13.5. The SMILES string of the molecule is CC(C)CCCC(C)C1CCC2C3CC=C4CC(OC(=O)NCC5OC(OC6C(NC(N)[NH3+])CC(NC(N)N)C(OC7OC(CO)C(O)C(NC(N)N)C7O)C6O)C(O)C(O)C5O)CCC4(C)C3CCC12C. The Kier molecular flexibility index (Phi) is 19.5. The van der Waals surface area contributed by atoms with Crippen LogP contribution < -0.4 is 55.7 Å². The van der Waals surface area contributed by atoms with E-state index in [-0.39, 0.29) is 24.5 Å². The highest BCUT2D eigenvalue weighted by Crippen LogP contribution is 2.67. The van der Waals surface area contributed by atoms with Gasteiger partial charge in [0.2, 0.25) is 0 Å². The first kappa shape index (κ1) is 57.9. The van der Waals surface area contributed by atoms with Crippen molar-refractivity contribution >= 4 is 6.09 Å². The van der Waals surface area contributed by atoms with Gasteiger partial charge in [-0.3, -0.25) is 16.4 Å². The molecular weight excluding hydrogens is 937 g/mol. The van der Waals surface area contributed by atoms with Crippen molar-refractivity contribution in [1.82, 2.24) is 21.3 Å². The van der Waals surface area contributed by atoms with Crippen LogP contribution >= 0.6 is 0 Å². The number of allylic oxidation sites excluding steroid dienone is 1. The first-order chi connectivity index (χ1) is 34.0. The molecule has 5 aliphatic carbocycles. The number of alkyl carbamates (subject to hydrolysis) is 1. The molecule has 23 nitrogen and oxygen atoms in total. The molecule has 0 aromatic carbocycles. The molecule has 6 fully saturated rings. The first-order valence-electron chi connectivity index (χ1n) is 26.8. The van der Waals surface area contributed by atoms with E-state index in [1.165, 1.54) is 50.5 Å². The van der Waals surface area contributed by atoms with Crippen molar-refractivity contribution in [3.05, 3.63) is 11.6 Å². The molecule has 0 aromatic heterocycles. The number of hydrogen-bond acceptors (Lipinski definition) is 21. The molecule has 0 aromatic rings. The summed E-state index contributed by atoms with van der Waals surface area (Å²) in [5.41, 5.74) is 34.9. The maximum absolute atomic E-state index is 13.5. The number of hydrogen-bond donors (Lipinski definition) is 17. The lowest BCUT2D eigenvalue weighted by Gasteiger charge is -2.58. The molecule has 23 heteroatoms. The van der Waals surface area contributed by atoms with Gasteiger partial charge in [-0.15, -0.1) is 0 Å². The summed E-state index contributed by atoms with van der Waals surface area (Å²) in [5, 5.41) is 88.8. The van der Waals surface area contributed by atoms with E-state index < -0.39 is 123 Å².